The molecule has 0 spiro atoms. The second kappa shape index (κ2) is 6.10. The average Bonchev–Trinajstić information content (AvgIpc) is 2.60. The first kappa shape index (κ1) is 15.1. The van der Waals surface area contributed by atoms with E-state index in [0.29, 0.717) is 17.0 Å². The van der Waals surface area contributed by atoms with E-state index in [4.69, 9.17) is 10.6 Å². The van der Waals surface area contributed by atoms with Gasteiger partial charge in [0.2, 0.25) is 0 Å². The average molecular weight is 311 g/mol. The lowest BCUT2D eigenvalue weighted by Gasteiger charge is -2.34. The van der Waals surface area contributed by atoms with E-state index in [1.165, 1.54) is 0 Å². The molecular weight excluding hydrogens is 294 g/mol. The number of carbonyl (C=O) groups is 2. The minimum absolute atomic E-state index is 0.104. The second-order valence-corrected chi connectivity index (χ2v) is 5.31. The summed E-state index contributed by atoms with van der Waals surface area (Å²) >= 11 is 0. The summed E-state index contributed by atoms with van der Waals surface area (Å²) in [6.07, 6.45) is -0.845. The third-order valence-electron chi connectivity index (χ3n) is 3.83. The Morgan fingerprint density at radius 3 is 2.61 bits per heavy atom. The van der Waals surface area contributed by atoms with E-state index in [0.717, 1.165) is 5.56 Å². The molecule has 23 heavy (non-hydrogen) atoms. The topological polar surface area (TPSA) is 84.7 Å². The van der Waals surface area contributed by atoms with Gasteiger partial charge in [0.15, 0.2) is 6.10 Å². The molecule has 0 radical (unpaired) electrons. The molecule has 2 aromatic carbocycles. The summed E-state index contributed by atoms with van der Waals surface area (Å²) in [5.41, 5.74) is 4.18. The lowest BCUT2D eigenvalue weighted by atomic mass is 10.1. The Labute approximate surface area is 133 Å². The predicted octanol–water partition coefficient (Wildman–Crippen LogP) is 1.39. The molecule has 2 aromatic rings. The number of fused-ring (bicyclic) bond motifs is 1. The van der Waals surface area contributed by atoms with E-state index in [1.807, 2.05) is 31.2 Å². The zero-order chi connectivity index (χ0) is 16.4. The third kappa shape index (κ3) is 2.76. The summed E-state index contributed by atoms with van der Waals surface area (Å²) in [5, 5.41) is 0. The number of nitrogens with two attached hydrogens (primary N) is 1. The van der Waals surface area contributed by atoms with Crippen LogP contribution in [-0.4, -0.2) is 24.5 Å². The standard InChI is InChI=1S/C17H17N3O3/c1-11-6-2-3-7-12(11)17(22)20-10-15(16(21)19-18)23-14-9-5-4-8-13(14)20/h2-9,15H,10,18H2,1H3,(H,19,21)/t15-/m1/s1. The Bertz CT molecular complexity index is 760. The van der Waals surface area contributed by atoms with Gasteiger partial charge < -0.3 is 9.64 Å². The van der Waals surface area contributed by atoms with Crippen LogP contribution in [0.1, 0.15) is 15.9 Å². The van der Waals surface area contributed by atoms with Crippen molar-refractivity contribution in [3.63, 3.8) is 0 Å². The molecule has 6 nitrogen and oxygen atoms in total. The number of nitrogens with zero attached hydrogens (tertiary/aromatic N) is 1. The van der Waals surface area contributed by atoms with Gasteiger partial charge in [-0.3, -0.25) is 15.0 Å². The highest BCUT2D eigenvalue weighted by Gasteiger charge is 2.34. The van der Waals surface area contributed by atoms with Crippen LogP contribution in [0.5, 0.6) is 5.75 Å². The van der Waals surface area contributed by atoms with Gasteiger partial charge in [-0.25, -0.2) is 5.84 Å². The molecule has 3 rings (SSSR count). The molecule has 0 saturated heterocycles. The lowest BCUT2D eigenvalue weighted by molar-refractivity contribution is -0.127. The minimum Gasteiger partial charge on any atom is -0.476 e. The van der Waals surface area contributed by atoms with E-state index in [1.54, 1.807) is 29.2 Å². The number of ether oxygens (including phenoxy) is 1. The molecule has 6 heteroatoms. The van der Waals surface area contributed by atoms with Gasteiger partial charge in [-0.2, -0.15) is 0 Å². The van der Waals surface area contributed by atoms with Gasteiger partial charge >= 0.3 is 0 Å². The number of para-hydroxylation sites is 2. The van der Waals surface area contributed by atoms with Gasteiger partial charge in [0, 0.05) is 5.56 Å². The van der Waals surface area contributed by atoms with Gasteiger partial charge in [-0.1, -0.05) is 30.3 Å². The number of nitrogens with one attached hydrogen (secondary N) is 1. The predicted molar refractivity (Wildman–Crippen MR) is 86.0 cm³/mol. The summed E-state index contributed by atoms with van der Waals surface area (Å²) in [7, 11) is 0. The van der Waals surface area contributed by atoms with Crippen molar-refractivity contribution < 1.29 is 14.3 Å². The van der Waals surface area contributed by atoms with Crippen molar-refractivity contribution in [2.24, 2.45) is 5.84 Å². The molecule has 1 atom stereocenters. The highest BCUT2D eigenvalue weighted by atomic mass is 16.5. The van der Waals surface area contributed by atoms with Crippen LogP contribution in [-0.2, 0) is 4.79 Å². The molecule has 0 aromatic heterocycles. The third-order valence-corrected chi connectivity index (χ3v) is 3.83. The summed E-state index contributed by atoms with van der Waals surface area (Å²) in [6, 6.07) is 14.5. The Kier molecular flexibility index (Phi) is 3.99. The van der Waals surface area contributed by atoms with Crippen LogP contribution in [0.3, 0.4) is 0 Å². The number of anilines is 1. The molecule has 118 valence electrons. The van der Waals surface area contributed by atoms with Crippen LogP contribution in [0.2, 0.25) is 0 Å². The molecule has 1 aliphatic heterocycles. The van der Waals surface area contributed by atoms with Crippen molar-refractivity contribution in [1.82, 2.24) is 5.43 Å². The number of amides is 2. The zero-order valence-electron chi connectivity index (χ0n) is 12.7. The normalized spacial score (nSPS) is 16.3. The minimum atomic E-state index is -0.845. The highest BCUT2D eigenvalue weighted by molar-refractivity contribution is 6.08. The second-order valence-electron chi connectivity index (χ2n) is 5.31. The Morgan fingerprint density at radius 2 is 1.87 bits per heavy atom. The number of aryl methyl sites for hydroxylation is 1. The van der Waals surface area contributed by atoms with Gasteiger partial charge in [0.05, 0.1) is 12.2 Å². The van der Waals surface area contributed by atoms with Gasteiger partial charge in [-0.15, -0.1) is 0 Å². The van der Waals surface area contributed by atoms with Gasteiger partial charge in [0.1, 0.15) is 5.75 Å². The molecule has 1 aliphatic rings. The molecule has 0 unspecified atom stereocenters. The number of benzene rings is 2. The molecule has 3 N–H and O–H groups in total. The first-order chi connectivity index (χ1) is 11.1. The molecular formula is C17H17N3O3. The van der Waals surface area contributed by atoms with Gasteiger partial charge in [-0.05, 0) is 30.7 Å². The Hall–Kier alpha value is -2.86. The van der Waals surface area contributed by atoms with Gasteiger partial charge in [0.25, 0.3) is 11.8 Å². The maximum atomic E-state index is 12.9. The van der Waals surface area contributed by atoms with Crippen LogP contribution in [0.15, 0.2) is 48.5 Å². The monoisotopic (exact) mass is 311 g/mol. The smallest absolute Gasteiger partial charge is 0.276 e. The van der Waals surface area contributed by atoms with Crippen molar-refractivity contribution >= 4 is 17.5 Å². The Balaban J connectivity index is 2.01. The number of hydrogen-bond acceptors (Lipinski definition) is 4. The van der Waals surface area contributed by atoms with Crippen molar-refractivity contribution in [3.05, 3.63) is 59.7 Å². The van der Waals surface area contributed by atoms with Crippen molar-refractivity contribution in [1.29, 1.82) is 0 Å². The highest BCUT2D eigenvalue weighted by Crippen LogP contribution is 2.34. The van der Waals surface area contributed by atoms with Crippen LogP contribution < -0.4 is 20.9 Å². The summed E-state index contributed by atoms with van der Waals surface area (Å²) in [5.74, 6) is 5.03. The zero-order valence-corrected chi connectivity index (χ0v) is 12.7. The molecule has 0 fully saturated rings. The van der Waals surface area contributed by atoms with Crippen LogP contribution in [0, 0.1) is 6.92 Å². The summed E-state index contributed by atoms with van der Waals surface area (Å²) in [4.78, 5) is 26.4. The SMILES string of the molecule is Cc1ccccc1C(=O)N1C[C@H](C(=O)NN)Oc2ccccc21. The Morgan fingerprint density at radius 1 is 1.17 bits per heavy atom. The molecule has 1 heterocycles. The van der Waals surface area contributed by atoms with Crippen molar-refractivity contribution in [3.8, 4) is 5.75 Å². The van der Waals surface area contributed by atoms with Crippen molar-refractivity contribution in [2.75, 3.05) is 11.4 Å². The van der Waals surface area contributed by atoms with E-state index in [-0.39, 0.29) is 12.5 Å². The summed E-state index contributed by atoms with van der Waals surface area (Å²) in [6.45, 7) is 1.98. The molecule has 0 aliphatic carbocycles. The first-order valence-electron chi connectivity index (χ1n) is 7.25. The molecule has 0 saturated carbocycles. The fraction of sp³-hybridized carbons (Fsp3) is 0.176. The fourth-order valence-electron chi connectivity index (χ4n) is 2.61. The maximum absolute atomic E-state index is 12.9. The van der Waals surface area contributed by atoms with E-state index >= 15 is 0 Å². The van der Waals surface area contributed by atoms with E-state index in [2.05, 4.69) is 5.43 Å². The lowest BCUT2D eigenvalue weighted by Crippen LogP contribution is -2.52. The van der Waals surface area contributed by atoms with Crippen LogP contribution in [0.4, 0.5) is 5.69 Å². The number of carbonyl (C=O) groups excluding carboxylic acids is 2. The number of hydrazine groups is 1. The van der Waals surface area contributed by atoms with E-state index in [9.17, 15) is 9.59 Å². The number of hydrogen-bond donors (Lipinski definition) is 2. The van der Waals surface area contributed by atoms with Crippen LogP contribution >= 0.6 is 0 Å². The van der Waals surface area contributed by atoms with Crippen molar-refractivity contribution in [2.45, 2.75) is 13.0 Å². The largest absolute Gasteiger partial charge is 0.476 e. The molecule has 0 bridgehead atoms. The van der Waals surface area contributed by atoms with Crippen LogP contribution in [0.25, 0.3) is 0 Å². The summed E-state index contributed by atoms with van der Waals surface area (Å²) < 4.78 is 5.65. The maximum Gasteiger partial charge on any atom is 0.276 e. The fourth-order valence-corrected chi connectivity index (χ4v) is 2.61. The molecule has 2 amide bonds. The number of rotatable bonds is 2. The first-order valence-corrected chi connectivity index (χ1v) is 7.25. The quantitative estimate of drug-likeness (QED) is 0.499. The van der Waals surface area contributed by atoms with E-state index < -0.39 is 12.0 Å².